The Balaban J connectivity index is 1.91. The molecule has 3 rings (SSSR count). The molecule has 0 fully saturated rings. The Labute approximate surface area is 178 Å². The largest absolute Gasteiger partial charge is 0.452 e. The number of aliphatic imine (C=N–C) groups is 1. The molecule has 0 saturated heterocycles. The average molecular weight is 459 g/mol. The summed E-state index contributed by atoms with van der Waals surface area (Å²) < 4.78 is 78.7. The van der Waals surface area contributed by atoms with Gasteiger partial charge in [-0.05, 0) is 25.1 Å². The van der Waals surface area contributed by atoms with E-state index >= 15 is 4.39 Å². The molecule has 172 valence electrons. The molecule has 13 heteroatoms. The van der Waals surface area contributed by atoms with Crippen LogP contribution in [0.5, 0.6) is 5.88 Å². The highest BCUT2D eigenvalue weighted by Crippen LogP contribution is 2.42. The summed E-state index contributed by atoms with van der Waals surface area (Å²) >= 11 is 0. The zero-order valence-corrected chi connectivity index (χ0v) is 16.8. The van der Waals surface area contributed by atoms with E-state index in [4.69, 9.17) is 5.73 Å². The number of carbonyl (C=O) groups is 1. The number of amidine groups is 1. The van der Waals surface area contributed by atoms with Gasteiger partial charge in [0.2, 0.25) is 12.7 Å². The number of amides is 1. The van der Waals surface area contributed by atoms with Crippen LogP contribution in [0.1, 0.15) is 29.9 Å². The van der Waals surface area contributed by atoms with Gasteiger partial charge in [-0.25, -0.2) is 36.9 Å². The first-order valence-electron chi connectivity index (χ1n) is 9.11. The van der Waals surface area contributed by atoms with Gasteiger partial charge < -0.3 is 20.5 Å². The van der Waals surface area contributed by atoms with Gasteiger partial charge in [0, 0.05) is 18.2 Å². The maximum atomic E-state index is 15.1. The Kier molecular flexibility index (Phi) is 6.19. The molecular weight excluding hydrogens is 441 g/mol. The summed E-state index contributed by atoms with van der Waals surface area (Å²) in [5, 5.41) is 2.40. The van der Waals surface area contributed by atoms with E-state index in [0.29, 0.717) is 6.92 Å². The molecule has 0 saturated carbocycles. The molecule has 1 aliphatic heterocycles. The third kappa shape index (κ3) is 4.55. The molecule has 0 radical (unpaired) electrons. The maximum absolute atomic E-state index is 15.1. The summed E-state index contributed by atoms with van der Waals surface area (Å²) in [6.07, 6.45) is -2.74. The number of ether oxygens (including phenoxy) is 2. The maximum Gasteiger partial charge on any atom is 0.284 e. The molecule has 1 amide bonds. The molecule has 3 N–H and O–H groups in total. The summed E-state index contributed by atoms with van der Waals surface area (Å²) in [6.45, 7) is 0.405. The van der Waals surface area contributed by atoms with Crippen molar-refractivity contribution in [1.29, 1.82) is 0 Å². The number of nitrogens with two attached hydrogens (primary N) is 1. The van der Waals surface area contributed by atoms with Crippen LogP contribution in [0.15, 0.2) is 35.6 Å². The topological polar surface area (TPSA) is 112 Å². The lowest BCUT2D eigenvalue weighted by Gasteiger charge is -2.40. The van der Waals surface area contributed by atoms with Crippen LogP contribution in [0.2, 0.25) is 0 Å². The second-order valence-corrected chi connectivity index (χ2v) is 7.14. The van der Waals surface area contributed by atoms with Gasteiger partial charge in [0.05, 0.1) is 12.4 Å². The number of anilines is 1. The van der Waals surface area contributed by atoms with Crippen molar-refractivity contribution in [2.24, 2.45) is 10.7 Å². The van der Waals surface area contributed by atoms with Gasteiger partial charge >= 0.3 is 0 Å². The van der Waals surface area contributed by atoms with Crippen molar-refractivity contribution in [2.75, 3.05) is 12.2 Å². The van der Waals surface area contributed by atoms with E-state index in [9.17, 15) is 22.4 Å². The van der Waals surface area contributed by atoms with E-state index in [0.717, 1.165) is 31.5 Å². The van der Waals surface area contributed by atoms with Crippen LogP contribution < -0.4 is 15.8 Å². The van der Waals surface area contributed by atoms with Crippen LogP contribution in [0, 0.1) is 5.82 Å². The Morgan fingerprint density at radius 3 is 2.66 bits per heavy atom. The Morgan fingerprint density at radius 2 is 2.06 bits per heavy atom. The number of benzene rings is 1. The van der Waals surface area contributed by atoms with Crippen molar-refractivity contribution in [2.45, 2.75) is 37.6 Å². The SMILES string of the molecule is CC(F)(F)[C@H]1OC(N)=N[C@](C)(c2cc(NC(=O)c3cnc(OCF)cn3)ccc2F)[C@H]1F. The summed E-state index contributed by atoms with van der Waals surface area (Å²) in [5.74, 6) is -5.53. The minimum atomic E-state index is -3.64. The molecule has 2 heterocycles. The Hall–Kier alpha value is -3.51. The third-order valence-corrected chi connectivity index (χ3v) is 4.73. The van der Waals surface area contributed by atoms with Gasteiger partial charge in [-0.3, -0.25) is 4.79 Å². The zero-order chi connectivity index (χ0) is 23.7. The van der Waals surface area contributed by atoms with Crippen molar-refractivity contribution in [3.05, 3.63) is 47.7 Å². The highest BCUT2D eigenvalue weighted by Gasteiger charge is 2.55. The van der Waals surface area contributed by atoms with Crippen molar-refractivity contribution in [3.8, 4) is 5.88 Å². The zero-order valence-electron chi connectivity index (χ0n) is 16.8. The smallest absolute Gasteiger partial charge is 0.284 e. The number of aromatic nitrogens is 2. The Bertz CT molecular complexity index is 1030. The molecule has 0 unspecified atom stereocenters. The number of alkyl halides is 4. The normalized spacial score (nSPS) is 23.2. The number of hydrogen-bond donors (Lipinski definition) is 2. The summed E-state index contributed by atoms with van der Waals surface area (Å²) in [6, 6.07) is 2.39. The van der Waals surface area contributed by atoms with Gasteiger partial charge in [0.15, 0.2) is 12.3 Å². The fourth-order valence-corrected chi connectivity index (χ4v) is 3.12. The van der Waals surface area contributed by atoms with Crippen molar-refractivity contribution >= 4 is 17.6 Å². The van der Waals surface area contributed by atoms with Gasteiger partial charge in [-0.15, -0.1) is 0 Å². The number of rotatable bonds is 6. The average Bonchev–Trinajstić information content (AvgIpc) is 2.72. The van der Waals surface area contributed by atoms with E-state index in [1.165, 1.54) is 6.07 Å². The quantitative estimate of drug-likeness (QED) is 0.643. The first-order valence-corrected chi connectivity index (χ1v) is 9.11. The van der Waals surface area contributed by atoms with Gasteiger partial charge in [-0.1, -0.05) is 0 Å². The molecule has 1 aliphatic rings. The summed E-state index contributed by atoms with van der Waals surface area (Å²) in [5.41, 5.74) is 2.68. The van der Waals surface area contributed by atoms with E-state index in [-0.39, 0.29) is 17.3 Å². The van der Waals surface area contributed by atoms with Crippen LogP contribution in [-0.4, -0.2) is 47.0 Å². The third-order valence-electron chi connectivity index (χ3n) is 4.73. The van der Waals surface area contributed by atoms with Crippen molar-refractivity contribution in [3.63, 3.8) is 0 Å². The van der Waals surface area contributed by atoms with Crippen molar-refractivity contribution < 1.29 is 36.2 Å². The molecule has 2 aromatic rings. The van der Waals surface area contributed by atoms with Gasteiger partial charge in [0.25, 0.3) is 17.9 Å². The molecule has 0 aliphatic carbocycles. The fraction of sp³-hybridized carbons (Fsp3) is 0.368. The number of nitrogens with one attached hydrogen (secondary N) is 1. The van der Waals surface area contributed by atoms with Crippen LogP contribution in [0.3, 0.4) is 0 Å². The molecule has 8 nitrogen and oxygen atoms in total. The van der Waals surface area contributed by atoms with Crippen LogP contribution in [0.4, 0.5) is 27.6 Å². The fourth-order valence-electron chi connectivity index (χ4n) is 3.12. The predicted octanol–water partition coefficient (Wildman–Crippen LogP) is 3.10. The van der Waals surface area contributed by atoms with Crippen LogP contribution >= 0.6 is 0 Å². The Morgan fingerprint density at radius 1 is 1.34 bits per heavy atom. The van der Waals surface area contributed by atoms with Crippen molar-refractivity contribution in [1.82, 2.24) is 9.97 Å². The monoisotopic (exact) mass is 459 g/mol. The second-order valence-electron chi connectivity index (χ2n) is 7.14. The first-order chi connectivity index (χ1) is 15.0. The first kappa shape index (κ1) is 23.2. The summed E-state index contributed by atoms with van der Waals surface area (Å²) in [4.78, 5) is 23.6. The molecule has 0 spiro atoms. The van der Waals surface area contributed by atoms with E-state index in [1.54, 1.807) is 0 Å². The molecule has 1 aromatic carbocycles. The molecule has 3 atom stereocenters. The molecule has 0 bridgehead atoms. The number of hydrogen-bond acceptors (Lipinski definition) is 7. The van der Waals surface area contributed by atoms with E-state index in [2.05, 4.69) is 29.8 Å². The molecule has 32 heavy (non-hydrogen) atoms. The minimum Gasteiger partial charge on any atom is -0.452 e. The number of halogens is 5. The number of nitrogens with zero attached hydrogens (tertiary/aromatic N) is 3. The van der Waals surface area contributed by atoms with Crippen LogP contribution in [0.25, 0.3) is 0 Å². The number of carbonyl (C=O) groups excluding carboxylic acids is 1. The van der Waals surface area contributed by atoms with Crippen LogP contribution in [-0.2, 0) is 10.3 Å². The van der Waals surface area contributed by atoms with Gasteiger partial charge in [0.1, 0.15) is 17.1 Å². The predicted molar refractivity (Wildman–Crippen MR) is 102 cm³/mol. The minimum absolute atomic E-state index is 0.00854. The second kappa shape index (κ2) is 8.55. The van der Waals surface area contributed by atoms with E-state index in [1.807, 2.05) is 0 Å². The van der Waals surface area contributed by atoms with E-state index < -0.39 is 53.9 Å². The highest BCUT2D eigenvalue weighted by molar-refractivity contribution is 6.02. The summed E-state index contributed by atoms with van der Waals surface area (Å²) in [7, 11) is 0. The molecule has 1 aromatic heterocycles. The lowest BCUT2D eigenvalue weighted by molar-refractivity contribution is -0.138. The standard InChI is InChI=1S/C19H18F5N5O3/c1-18(14(22)15(19(2,23)24)32-17(25)29-18)10-5-9(3-4-11(10)21)28-16(30)12-6-27-13(7-26-12)31-8-20/h3-7,14-15H,8H2,1-2H3,(H2,25,29)(H,28,30)/t14-,15-,18+/m0/s1. The van der Waals surface area contributed by atoms with Gasteiger partial charge in [-0.2, -0.15) is 0 Å². The molecular formula is C19H18F5N5O3. The lowest BCUT2D eigenvalue weighted by atomic mass is 9.82. The highest BCUT2D eigenvalue weighted by atomic mass is 19.3. The lowest BCUT2D eigenvalue weighted by Crippen LogP contribution is -2.55.